The van der Waals surface area contributed by atoms with Crippen molar-refractivity contribution >= 4 is 5.91 Å². The van der Waals surface area contributed by atoms with Crippen LogP contribution in [-0.2, 0) is 11.2 Å². The number of aromatic nitrogens is 1. The zero-order valence-electron chi connectivity index (χ0n) is 10.6. The van der Waals surface area contributed by atoms with Crippen molar-refractivity contribution in [3.05, 3.63) is 23.0 Å². The fraction of sp³-hybridized carbons (Fsp3) is 0.615. The molecule has 1 amide bonds. The number of nitrogens with zero attached hydrogens (tertiary/aromatic N) is 1. The lowest BCUT2D eigenvalue weighted by molar-refractivity contribution is -0.119. The van der Waals surface area contributed by atoms with Gasteiger partial charge in [0.05, 0.1) is 6.54 Å². The minimum atomic E-state index is -0.0824. The first-order valence-electron chi connectivity index (χ1n) is 6.27. The number of nitrogens with two attached hydrogens (primary N) is 1. The Morgan fingerprint density at radius 1 is 1.53 bits per heavy atom. The van der Waals surface area contributed by atoms with Gasteiger partial charge in [-0.15, -0.1) is 0 Å². The van der Waals surface area contributed by atoms with Crippen molar-refractivity contribution < 1.29 is 4.79 Å². The number of carbonyl (C=O) groups is 1. The fourth-order valence-electron chi connectivity index (χ4n) is 2.40. The predicted octanol–water partition coefficient (Wildman–Crippen LogP) is 1.06. The molecule has 94 valence electrons. The summed E-state index contributed by atoms with van der Waals surface area (Å²) in [7, 11) is 0. The number of hydrogen-bond acceptors (Lipinski definition) is 2. The molecule has 0 saturated heterocycles. The average Bonchev–Trinajstić information content (AvgIpc) is 3.08. The molecule has 0 bridgehead atoms. The summed E-state index contributed by atoms with van der Waals surface area (Å²) in [6.07, 6.45) is 3.50. The van der Waals surface area contributed by atoms with Gasteiger partial charge in [0.2, 0.25) is 5.91 Å². The molecule has 1 aliphatic carbocycles. The third kappa shape index (κ3) is 2.69. The van der Waals surface area contributed by atoms with E-state index in [9.17, 15) is 4.79 Å². The lowest BCUT2D eigenvalue weighted by Crippen LogP contribution is -2.31. The molecule has 0 radical (unpaired) electrons. The largest absolute Gasteiger partial charge is 0.355 e. The van der Waals surface area contributed by atoms with Crippen LogP contribution in [0.2, 0.25) is 0 Å². The van der Waals surface area contributed by atoms with Crippen molar-refractivity contribution in [1.29, 1.82) is 0 Å². The van der Waals surface area contributed by atoms with Gasteiger partial charge in [-0.05, 0) is 44.7 Å². The molecule has 4 heteroatoms. The number of rotatable bonds is 5. The Morgan fingerprint density at radius 3 is 2.82 bits per heavy atom. The SMILES string of the molecule is Cc1cc(CCNC(=O)CN)c(C)n1C1CC1. The summed E-state index contributed by atoms with van der Waals surface area (Å²) in [5, 5.41) is 2.81. The standard InChI is InChI=1S/C13H21N3O/c1-9-7-11(5-6-15-13(17)8-14)10(2)16(9)12-3-4-12/h7,12H,3-6,8,14H2,1-2H3,(H,15,17). The lowest BCUT2D eigenvalue weighted by Gasteiger charge is -2.08. The van der Waals surface area contributed by atoms with E-state index in [1.807, 2.05) is 0 Å². The second-order valence-corrected chi connectivity index (χ2v) is 4.80. The van der Waals surface area contributed by atoms with E-state index in [0.29, 0.717) is 6.54 Å². The van der Waals surface area contributed by atoms with E-state index >= 15 is 0 Å². The average molecular weight is 235 g/mol. The minimum absolute atomic E-state index is 0.0705. The van der Waals surface area contributed by atoms with Gasteiger partial charge in [-0.25, -0.2) is 0 Å². The molecule has 1 aliphatic rings. The fourth-order valence-corrected chi connectivity index (χ4v) is 2.40. The van der Waals surface area contributed by atoms with Gasteiger partial charge < -0.3 is 15.6 Å². The summed E-state index contributed by atoms with van der Waals surface area (Å²) in [6.45, 7) is 5.07. The molecule has 0 aliphatic heterocycles. The summed E-state index contributed by atoms with van der Waals surface area (Å²) in [5.74, 6) is -0.0824. The normalized spacial score (nSPS) is 15.0. The summed E-state index contributed by atoms with van der Waals surface area (Å²) >= 11 is 0. The van der Waals surface area contributed by atoms with Gasteiger partial charge in [0.25, 0.3) is 0 Å². The van der Waals surface area contributed by atoms with E-state index in [1.54, 1.807) is 0 Å². The number of carbonyl (C=O) groups excluding carboxylic acids is 1. The summed E-state index contributed by atoms with van der Waals surface area (Å²) in [5.41, 5.74) is 9.27. The highest BCUT2D eigenvalue weighted by molar-refractivity contribution is 5.77. The van der Waals surface area contributed by atoms with Gasteiger partial charge in [0, 0.05) is 24.0 Å². The van der Waals surface area contributed by atoms with Gasteiger partial charge in [0.15, 0.2) is 0 Å². The summed E-state index contributed by atoms with van der Waals surface area (Å²) in [6, 6.07) is 2.96. The van der Waals surface area contributed by atoms with Crippen LogP contribution in [0.3, 0.4) is 0 Å². The monoisotopic (exact) mass is 235 g/mol. The molecule has 1 saturated carbocycles. The second kappa shape index (κ2) is 4.92. The first kappa shape index (κ1) is 12.2. The zero-order valence-corrected chi connectivity index (χ0v) is 10.6. The highest BCUT2D eigenvalue weighted by Gasteiger charge is 2.26. The maximum atomic E-state index is 11.0. The Labute approximate surface area is 102 Å². The van der Waals surface area contributed by atoms with Crippen LogP contribution in [0.15, 0.2) is 6.07 Å². The van der Waals surface area contributed by atoms with Gasteiger partial charge in [-0.2, -0.15) is 0 Å². The first-order chi connectivity index (χ1) is 8.13. The van der Waals surface area contributed by atoms with Crippen molar-refractivity contribution in [3.63, 3.8) is 0 Å². The zero-order chi connectivity index (χ0) is 12.4. The quantitative estimate of drug-likeness (QED) is 0.801. The number of aryl methyl sites for hydroxylation is 1. The number of amides is 1. The Kier molecular flexibility index (Phi) is 3.52. The molecule has 0 atom stereocenters. The van der Waals surface area contributed by atoms with E-state index < -0.39 is 0 Å². The van der Waals surface area contributed by atoms with Crippen molar-refractivity contribution in [2.45, 2.75) is 39.2 Å². The maximum absolute atomic E-state index is 11.0. The topological polar surface area (TPSA) is 60.1 Å². The van der Waals surface area contributed by atoms with Crippen LogP contribution in [0.4, 0.5) is 0 Å². The Hall–Kier alpha value is -1.29. The van der Waals surface area contributed by atoms with Crippen LogP contribution in [0, 0.1) is 13.8 Å². The smallest absolute Gasteiger partial charge is 0.233 e. The second-order valence-electron chi connectivity index (χ2n) is 4.80. The molecule has 0 unspecified atom stereocenters. The molecule has 2 rings (SSSR count). The molecule has 0 aromatic carbocycles. The Morgan fingerprint density at radius 2 is 2.24 bits per heavy atom. The molecule has 0 spiro atoms. The van der Waals surface area contributed by atoms with Crippen LogP contribution < -0.4 is 11.1 Å². The third-order valence-electron chi connectivity index (χ3n) is 3.40. The van der Waals surface area contributed by atoms with E-state index in [0.717, 1.165) is 12.5 Å². The first-order valence-corrected chi connectivity index (χ1v) is 6.27. The van der Waals surface area contributed by atoms with Crippen LogP contribution in [0.25, 0.3) is 0 Å². The summed E-state index contributed by atoms with van der Waals surface area (Å²) in [4.78, 5) is 11.0. The molecule has 1 heterocycles. The van der Waals surface area contributed by atoms with Crippen LogP contribution in [0.5, 0.6) is 0 Å². The van der Waals surface area contributed by atoms with Crippen LogP contribution in [-0.4, -0.2) is 23.6 Å². The van der Waals surface area contributed by atoms with Gasteiger partial charge in [-0.1, -0.05) is 0 Å². The lowest BCUT2D eigenvalue weighted by atomic mass is 10.2. The van der Waals surface area contributed by atoms with Crippen molar-refractivity contribution in [3.8, 4) is 0 Å². The Bertz CT molecular complexity index is 419. The van der Waals surface area contributed by atoms with E-state index in [-0.39, 0.29) is 12.5 Å². The van der Waals surface area contributed by atoms with Crippen molar-refractivity contribution in [2.75, 3.05) is 13.1 Å². The Balaban J connectivity index is 1.97. The third-order valence-corrected chi connectivity index (χ3v) is 3.40. The predicted molar refractivity (Wildman–Crippen MR) is 67.9 cm³/mol. The molecule has 17 heavy (non-hydrogen) atoms. The molecule has 1 fully saturated rings. The number of hydrogen-bond donors (Lipinski definition) is 2. The maximum Gasteiger partial charge on any atom is 0.233 e. The van der Waals surface area contributed by atoms with E-state index in [1.165, 1.54) is 29.8 Å². The highest BCUT2D eigenvalue weighted by Crippen LogP contribution is 2.38. The molecule has 3 N–H and O–H groups in total. The molecular formula is C13H21N3O. The molecule has 1 aromatic heterocycles. The van der Waals surface area contributed by atoms with Crippen molar-refractivity contribution in [2.24, 2.45) is 5.73 Å². The van der Waals surface area contributed by atoms with E-state index in [2.05, 4.69) is 29.8 Å². The van der Waals surface area contributed by atoms with Gasteiger partial charge in [0.1, 0.15) is 0 Å². The van der Waals surface area contributed by atoms with Gasteiger partial charge >= 0.3 is 0 Å². The molecule has 1 aromatic rings. The van der Waals surface area contributed by atoms with Gasteiger partial charge in [-0.3, -0.25) is 4.79 Å². The number of nitrogens with one attached hydrogen (secondary N) is 1. The van der Waals surface area contributed by atoms with Crippen molar-refractivity contribution in [1.82, 2.24) is 9.88 Å². The highest BCUT2D eigenvalue weighted by atomic mass is 16.1. The molecule has 4 nitrogen and oxygen atoms in total. The van der Waals surface area contributed by atoms with E-state index in [4.69, 9.17) is 5.73 Å². The molecular weight excluding hydrogens is 214 g/mol. The minimum Gasteiger partial charge on any atom is -0.355 e. The summed E-state index contributed by atoms with van der Waals surface area (Å²) < 4.78 is 2.43. The van der Waals surface area contributed by atoms with Crippen LogP contribution in [0.1, 0.15) is 35.8 Å². The van der Waals surface area contributed by atoms with Crippen LogP contribution >= 0.6 is 0 Å².